The molecule has 4 rings (SSSR count). The number of aromatic nitrogens is 3. The first-order valence-corrected chi connectivity index (χ1v) is 10.5. The molecule has 0 fully saturated rings. The predicted octanol–water partition coefficient (Wildman–Crippen LogP) is 4.46. The Labute approximate surface area is 205 Å². The molecule has 0 bridgehead atoms. The zero-order chi connectivity index (χ0) is 27.1. The van der Waals surface area contributed by atoms with Crippen molar-refractivity contribution in [3.8, 4) is 5.75 Å². The second kappa shape index (κ2) is 9.44. The van der Waals surface area contributed by atoms with Gasteiger partial charge < -0.3 is 24.6 Å². The normalized spacial score (nSPS) is 11.5. The number of benzene rings is 2. The molecular weight excluding hydrogens is 502 g/mol. The second-order valence-corrected chi connectivity index (χ2v) is 7.94. The first kappa shape index (κ1) is 25.5. The van der Waals surface area contributed by atoms with Gasteiger partial charge in [-0.05, 0) is 44.0 Å². The van der Waals surface area contributed by atoms with Crippen molar-refractivity contribution in [1.82, 2.24) is 14.7 Å². The Hall–Kier alpha value is -4.62. The summed E-state index contributed by atoms with van der Waals surface area (Å²) in [6, 6.07) is 5.64. The molecule has 0 aliphatic rings. The number of alkyl halides is 3. The van der Waals surface area contributed by atoms with Crippen LogP contribution in [0.3, 0.4) is 0 Å². The molecule has 0 saturated carbocycles. The van der Waals surface area contributed by atoms with Crippen LogP contribution in [-0.2, 0) is 4.79 Å². The molecule has 0 unspecified atom stereocenters. The van der Waals surface area contributed by atoms with Gasteiger partial charge in [0.15, 0.2) is 11.4 Å². The van der Waals surface area contributed by atoms with E-state index in [-0.39, 0.29) is 22.2 Å². The van der Waals surface area contributed by atoms with Crippen LogP contribution in [0, 0.1) is 26.6 Å². The first-order chi connectivity index (χ1) is 17.4. The minimum absolute atomic E-state index is 0.0248. The Bertz CT molecular complexity index is 1580. The maximum Gasteiger partial charge on any atom is 0.493 e. The lowest BCUT2D eigenvalue weighted by Crippen LogP contribution is -2.36. The van der Waals surface area contributed by atoms with Crippen LogP contribution in [0.1, 0.15) is 16.7 Å². The Morgan fingerprint density at radius 2 is 1.76 bits per heavy atom. The third-order valence-electron chi connectivity index (χ3n) is 5.33. The maximum atomic E-state index is 14.6. The molecule has 2 aromatic carbocycles. The highest BCUT2D eigenvalue weighted by atomic mass is 19.4. The third-order valence-corrected chi connectivity index (χ3v) is 5.33. The number of aryl methyl sites for hydroxylation is 2. The summed E-state index contributed by atoms with van der Waals surface area (Å²) in [5.74, 6) is -4.23. The van der Waals surface area contributed by atoms with E-state index in [0.29, 0.717) is 17.0 Å². The fourth-order valence-corrected chi connectivity index (χ4v) is 3.36. The van der Waals surface area contributed by atoms with E-state index in [1.165, 1.54) is 6.20 Å². The molecule has 14 heteroatoms. The summed E-state index contributed by atoms with van der Waals surface area (Å²) in [7, 11) is 1.55. The van der Waals surface area contributed by atoms with E-state index in [2.05, 4.69) is 29.9 Å². The molecule has 37 heavy (non-hydrogen) atoms. The van der Waals surface area contributed by atoms with Gasteiger partial charge in [-0.25, -0.2) is 19.0 Å². The zero-order valence-electron chi connectivity index (χ0n) is 19.8. The van der Waals surface area contributed by atoms with Crippen molar-refractivity contribution >= 4 is 40.2 Å². The van der Waals surface area contributed by atoms with Crippen molar-refractivity contribution in [1.29, 1.82) is 0 Å². The number of nitrogens with zero attached hydrogens (tertiary/aromatic N) is 3. The Morgan fingerprint density at radius 1 is 1.05 bits per heavy atom. The molecule has 0 aliphatic heterocycles. The highest BCUT2D eigenvalue weighted by molar-refractivity contribution is 5.81. The van der Waals surface area contributed by atoms with Gasteiger partial charge in [0, 0.05) is 35.3 Å². The van der Waals surface area contributed by atoms with E-state index >= 15 is 0 Å². The number of fused-ring (bicyclic) bond motifs is 1. The molecular formula is C23H19F4N5O5. The van der Waals surface area contributed by atoms with Crippen LogP contribution < -0.4 is 26.0 Å². The van der Waals surface area contributed by atoms with Crippen molar-refractivity contribution < 1.29 is 36.3 Å². The molecule has 2 aromatic heterocycles. The number of carbonyl (C=O) groups is 1. The quantitative estimate of drug-likeness (QED) is 0.354. The Kier molecular flexibility index (Phi) is 6.50. The lowest BCUT2D eigenvalue weighted by molar-refractivity contribution is -0.200. The maximum absolute atomic E-state index is 14.6. The lowest BCUT2D eigenvalue weighted by atomic mass is 10.1. The van der Waals surface area contributed by atoms with Gasteiger partial charge >= 0.3 is 17.9 Å². The first-order valence-electron chi connectivity index (χ1n) is 10.5. The molecule has 2 N–H and O–H groups in total. The standard InChI is InChI=1S/C23H19F4N5O5/c1-10-5-13(8-17(35-4)12(10)3)30-21-28-9-11(2)19(31-21)29-14-6-15(24)18-16(7-14)32(22(34)36-18)37-20(33)23(25,26)27/h5-9H,1-4H3,(H2,28,29,30,31). The molecule has 0 spiro atoms. The van der Waals surface area contributed by atoms with E-state index in [9.17, 15) is 27.2 Å². The number of hydrogen-bond donors (Lipinski definition) is 2. The van der Waals surface area contributed by atoms with Crippen LogP contribution in [-0.4, -0.2) is 34.0 Å². The molecule has 0 radical (unpaired) electrons. The minimum Gasteiger partial charge on any atom is -0.496 e. The second-order valence-electron chi connectivity index (χ2n) is 7.94. The van der Waals surface area contributed by atoms with Crippen molar-refractivity contribution in [3.05, 3.63) is 63.5 Å². The average Bonchev–Trinajstić information content (AvgIpc) is 3.13. The molecule has 10 nitrogen and oxygen atoms in total. The Morgan fingerprint density at radius 3 is 2.43 bits per heavy atom. The smallest absolute Gasteiger partial charge is 0.493 e. The number of carbonyl (C=O) groups excluding carboxylic acids is 1. The number of oxazole rings is 1. The highest BCUT2D eigenvalue weighted by Crippen LogP contribution is 2.29. The topological polar surface area (TPSA) is 121 Å². The molecule has 0 saturated heterocycles. The van der Waals surface area contributed by atoms with Crippen LogP contribution in [0.25, 0.3) is 11.1 Å². The summed E-state index contributed by atoms with van der Waals surface area (Å²) in [4.78, 5) is 35.8. The lowest BCUT2D eigenvalue weighted by Gasteiger charge is -2.14. The van der Waals surface area contributed by atoms with E-state index in [4.69, 9.17) is 4.74 Å². The molecule has 0 amide bonds. The van der Waals surface area contributed by atoms with Gasteiger partial charge in [-0.15, -0.1) is 0 Å². The van der Waals surface area contributed by atoms with E-state index in [1.54, 1.807) is 20.1 Å². The fourth-order valence-electron chi connectivity index (χ4n) is 3.36. The number of nitrogens with one attached hydrogen (secondary N) is 2. The van der Waals surface area contributed by atoms with E-state index in [0.717, 1.165) is 23.3 Å². The monoisotopic (exact) mass is 521 g/mol. The minimum atomic E-state index is -5.39. The average molecular weight is 521 g/mol. The fraction of sp³-hybridized carbons (Fsp3) is 0.217. The summed E-state index contributed by atoms with van der Waals surface area (Å²) in [5.41, 5.74) is 1.86. The number of anilines is 4. The molecule has 0 atom stereocenters. The molecule has 4 aromatic rings. The summed E-state index contributed by atoms with van der Waals surface area (Å²) in [5, 5.41) is 5.87. The summed E-state index contributed by atoms with van der Waals surface area (Å²) < 4.78 is 62.3. The van der Waals surface area contributed by atoms with E-state index < -0.39 is 34.8 Å². The van der Waals surface area contributed by atoms with Crippen molar-refractivity contribution in [2.75, 3.05) is 17.7 Å². The predicted molar refractivity (Wildman–Crippen MR) is 124 cm³/mol. The zero-order valence-corrected chi connectivity index (χ0v) is 19.8. The van der Waals surface area contributed by atoms with Crippen molar-refractivity contribution in [2.45, 2.75) is 26.9 Å². The molecule has 2 heterocycles. The molecule has 194 valence electrons. The van der Waals surface area contributed by atoms with Gasteiger partial charge in [-0.1, -0.05) is 4.73 Å². The number of rotatable bonds is 6. The van der Waals surface area contributed by atoms with Gasteiger partial charge in [0.1, 0.15) is 17.1 Å². The van der Waals surface area contributed by atoms with Crippen LogP contribution >= 0.6 is 0 Å². The van der Waals surface area contributed by atoms with Crippen LogP contribution in [0.2, 0.25) is 0 Å². The van der Waals surface area contributed by atoms with Gasteiger partial charge in [-0.3, -0.25) is 0 Å². The van der Waals surface area contributed by atoms with Crippen molar-refractivity contribution in [2.24, 2.45) is 0 Å². The molecule has 0 aliphatic carbocycles. The number of methoxy groups -OCH3 is 1. The summed E-state index contributed by atoms with van der Waals surface area (Å²) in [6.07, 6.45) is -3.90. The third kappa shape index (κ3) is 5.17. The summed E-state index contributed by atoms with van der Waals surface area (Å²) >= 11 is 0. The van der Waals surface area contributed by atoms with Crippen LogP contribution in [0.4, 0.5) is 40.7 Å². The summed E-state index contributed by atoms with van der Waals surface area (Å²) in [6.45, 7) is 5.50. The van der Waals surface area contributed by atoms with Crippen LogP contribution in [0.5, 0.6) is 5.75 Å². The SMILES string of the molecule is COc1cc(Nc2ncc(C)c(Nc3cc(F)c4oc(=O)n(OC(=O)C(F)(F)F)c4c3)n2)cc(C)c1C. The largest absolute Gasteiger partial charge is 0.496 e. The number of ether oxygens (including phenoxy) is 1. The van der Waals surface area contributed by atoms with Gasteiger partial charge in [-0.2, -0.15) is 18.2 Å². The number of halogens is 4. The van der Waals surface area contributed by atoms with Gasteiger partial charge in [0.25, 0.3) is 0 Å². The van der Waals surface area contributed by atoms with Gasteiger partial charge in [0.05, 0.1) is 7.11 Å². The number of hydrogen-bond acceptors (Lipinski definition) is 9. The van der Waals surface area contributed by atoms with Gasteiger partial charge in [0.2, 0.25) is 5.95 Å². The van der Waals surface area contributed by atoms with Crippen LogP contribution in [0.15, 0.2) is 39.7 Å². The van der Waals surface area contributed by atoms with Crippen molar-refractivity contribution in [3.63, 3.8) is 0 Å². The highest BCUT2D eigenvalue weighted by Gasteiger charge is 2.42. The Balaban J connectivity index is 1.67. The van der Waals surface area contributed by atoms with E-state index in [1.807, 2.05) is 19.9 Å².